The summed E-state index contributed by atoms with van der Waals surface area (Å²) in [5.41, 5.74) is -0.239. The number of primary sulfonamides is 1. The molecule has 0 radical (unpaired) electrons. The van der Waals surface area contributed by atoms with Crippen LogP contribution in [0, 0.1) is 16.0 Å². The molecule has 1 aromatic rings. The van der Waals surface area contributed by atoms with Crippen molar-refractivity contribution in [1.82, 2.24) is 0 Å². The van der Waals surface area contributed by atoms with E-state index in [9.17, 15) is 23.3 Å². The lowest BCUT2D eigenvalue weighted by Crippen LogP contribution is -2.14. The summed E-state index contributed by atoms with van der Waals surface area (Å²) in [4.78, 5) is 21.4. The first-order valence-corrected chi connectivity index (χ1v) is 7.00. The van der Waals surface area contributed by atoms with Gasteiger partial charge in [-0.25, -0.2) is 13.6 Å². The normalized spacial score (nSPS) is 11.6. The maximum absolute atomic E-state index is 11.6. The lowest BCUT2D eigenvalue weighted by Gasteiger charge is -2.06. The number of nitro benzene ring substituents is 1. The van der Waals surface area contributed by atoms with Gasteiger partial charge in [-0.15, -0.1) is 0 Å². The van der Waals surface area contributed by atoms with Crippen molar-refractivity contribution < 1.29 is 18.1 Å². The summed E-state index contributed by atoms with van der Waals surface area (Å²) in [5, 5.41) is 15.8. The first-order chi connectivity index (χ1) is 8.62. The van der Waals surface area contributed by atoms with Gasteiger partial charge in [0.25, 0.3) is 5.69 Å². The number of rotatable bonds is 5. The number of hydrogen-bond donors (Lipinski definition) is 1. The number of carbonyl (C=O) groups excluding carboxylic acids is 1. The summed E-state index contributed by atoms with van der Waals surface area (Å²) in [7, 11) is -4.01. The lowest BCUT2D eigenvalue weighted by molar-refractivity contribution is -0.385. The number of ketones is 1. The predicted molar refractivity (Wildman–Crippen MR) is 68.0 cm³/mol. The molecule has 0 atom stereocenters. The largest absolute Gasteiger partial charge is 0.299 e. The minimum Gasteiger partial charge on any atom is -0.299 e. The smallest absolute Gasteiger partial charge is 0.274 e. The summed E-state index contributed by atoms with van der Waals surface area (Å²) in [6, 6.07) is 3.28. The maximum atomic E-state index is 11.6. The van der Waals surface area contributed by atoms with E-state index in [-0.39, 0.29) is 28.6 Å². The molecule has 19 heavy (non-hydrogen) atoms. The van der Waals surface area contributed by atoms with Gasteiger partial charge in [-0.1, -0.05) is 19.9 Å². The van der Waals surface area contributed by atoms with Crippen LogP contribution in [0.2, 0.25) is 0 Å². The molecule has 0 aliphatic rings. The summed E-state index contributed by atoms with van der Waals surface area (Å²) >= 11 is 0. The third kappa shape index (κ3) is 3.83. The van der Waals surface area contributed by atoms with Gasteiger partial charge >= 0.3 is 0 Å². The van der Waals surface area contributed by atoms with Gasteiger partial charge < -0.3 is 0 Å². The summed E-state index contributed by atoms with van der Waals surface area (Å²) < 4.78 is 22.3. The molecular formula is C11H14N2O5S. The second-order valence-corrected chi connectivity index (χ2v) is 5.95. The molecule has 0 fully saturated rings. The number of hydrogen-bond acceptors (Lipinski definition) is 5. The summed E-state index contributed by atoms with van der Waals surface area (Å²) in [5.74, 6) is -0.413. The van der Waals surface area contributed by atoms with Crippen LogP contribution in [0.25, 0.3) is 0 Å². The highest BCUT2D eigenvalue weighted by molar-refractivity contribution is 7.89. The Kier molecular flexibility index (Phi) is 4.38. The summed E-state index contributed by atoms with van der Waals surface area (Å²) in [6.45, 7) is 3.37. The molecule has 0 amide bonds. The van der Waals surface area contributed by atoms with Crippen molar-refractivity contribution in [2.75, 3.05) is 0 Å². The third-order valence-corrected chi connectivity index (χ3v) is 3.50. The van der Waals surface area contributed by atoms with Crippen LogP contribution < -0.4 is 5.14 Å². The SMILES string of the molecule is CC(C)C(=O)Cc1ccc(S(N)(=O)=O)cc1[N+](=O)[O-]. The molecular weight excluding hydrogens is 272 g/mol. The minimum absolute atomic E-state index is 0.112. The highest BCUT2D eigenvalue weighted by Gasteiger charge is 2.21. The van der Waals surface area contributed by atoms with E-state index in [1.54, 1.807) is 13.8 Å². The van der Waals surface area contributed by atoms with E-state index in [4.69, 9.17) is 5.14 Å². The van der Waals surface area contributed by atoms with Crippen LogP contribution in [0.3, 0.4) is 0 Å². The minimum atomic E-state index is -4.01. The Labute approximate surface area is 110 Å². The molecule has 7 nitrogen and oxygen atoms in total. The molecule has 8 heteroatoms. The lowest BCUT2D eigenvalue weighted by atomic mass is 10.00. The average Bonchev–Trinajstić information content (AvgIpc) is 2.27. The quantitative estimate of drug-likeness (QED) is 0.639. The van der Waals surface area contributed by atoms with E-state index >= 15 is 0 Å². The number of nitrogens with zero attached hydrogens (tertiary/aromatic N) is 1. The van der Waals surface area contributed by atoms with E-state index in [0.29, 0.717) is 0 Å². The van der Waals surface area contributed by atoms with Crippen molar-refractivity contribution in [2.24, 2.45) is 11.1 Å². The molecule has 0 saturated carbocycles. The van der Waals surface area contributed by atoms with Crippen molar-refractivity contribution in [2.45, 2.75) is 25.2 Å². The van der Waals surface area contributed by atoms with Crippen LogP contribution in [0.5, 0.6) is 0 Å². The van der Waals surface area contributed by atoms with Crippen LogP contribution in [-0.2, 0) is 21.2 Å². The van der Waals surface area contributed by atoms with Crippen LogP contribution >= 0.6 is 0 Å². The fourth-order valence-corrected chi connectivity index (χ4v) is 1.97. The Balaban J connectivity index is 3.27. The Morgan fingerprint density at radius 1 is 1.42 bits per heavy atom. The molecule has 1 aromatic carbocycles. The first-order valence-electron chi connectivity index (χ1n) is 5.45. The van der Waals surface area contributed by atoms with Crippen LogP contribution in [0.1, 0.15) is 19.4 Å². The van der Waals surface area contributed by atoms with Crippen molar-refractivity contribution >= 4 is 21.5 Å². The molecule has 2 N–H and O–H groups in total. The van der Waals surface area contributed by atoms with Gasteiger partial charge in [-0.3, -0.25) is 14.9 Å². The van der Waals surface area contributed by atoms with Gasteiger partial charge in [0.2, 0.25) is 10.0 Å². The first kappa shape index (κ1) is 15.3. The maximum Gasteiger partial charge on any atom is 0.274 e. The van der Waals surface area contributed by atoms with Crippen LogP contribution in [0.15, 0.2) is 23.1 Å². The van der Waals surface area contributed by atoms with Crippen molar-refractivity contribution in [3.8, 4) is 0 Å². The van der Waals surface area contributed by atoms with Crippen LogP contribution in [-0.4, -0.2) is 19.1 Å². The van der Waals surface area contributed by atoms with E-state index in [1.807, 2.05) is 0 Å². The zero-order chi connectivity index (χ0) is 14.8. The number of carbonyl (C=O) groups is 1. The molecule has 0 aromatic heterocycles. The number of benzene rings is 1. The van der Waals surface area contributed by atoms with E-state index in [1.165, 1.54) is 6.07 Å². The van der Waals surface area contributed by atoms with Gasteiger partial charge in [0.15, 0.2) is 0 Å². The Hall–Kier alpha value is -1.80. The van der Waals surface area contributed by atoms with Crippen molar-refractivity contribution in [3.05, 3.63) is 33.9 Å². The predicted octanol–water partition coefficient (Wildman–Crippen LogP) is 1.01. The Bertz CT molecular complexity index is 622. The van der Waals surface area contributed by atoms with Gasteiger partial charge in [-0.05, 0) is 6.07 Å². The Morgan fingerprint density at radius 2 is 2.00 bits per heavy atom. The zero-order valence-corrected chi connectivity index (χ0v) is 11.3. The molecule has 0 bridgehead atoms. The fraction of sp³-hybridized carbons (Fsp3) is 0.364. The zero-order valence-electron chi connectivity index (χ0n) is 10.5. The van der Waals surface area contributed by atoms with Crippen molar-refractivity contribution in [3.63, 3.8) is 0 Å². The monoisotopic (exact) mass is 286 g/mol. The molecule has 0 unspecified atom stereocenters. The number of sulfonamides is 1. The Morgan fingerprint density at radius 3 is 2.42 bits per heavy atom. The summed E-state index contributed by atoms with van der Waals surface area (Å²) in [6.07, 6.45) is -0.112. The highest BCUT2D eigenvalue weighted by atomic mass is 32.2. The highest BCUT2D eigenvalue weighted by Crippen LogP contribution is 2.23. The van der Waals surface area contributed by atoms with Gasteiger partial charge in [0.1, 0.15) is 5.78 Å². The molecule has 104 valence electrons. The number of Topliss-reactive ketones (excluding diaryl/α,β-unsaturated/α-hetero) is 1. The van der Waals surface area contributed by atoms with Crippen molar-refractivity contribution in [1.29, 1.82) is 0 Å². The van der Waals surface area contributed by atoms with Gasteiger partial charge in [0, 0.05) is 24.0 Å². The van der Waals surface area contributed by atoms with E-state index in [0.717, 1.165) is 12.1 Å². The fourth-order valence-electron chi connectivity index (χ4n) is 1.43. The number of nitrogens with two attached hydrogens (primary N) is 1. The van der Waals surface area contributed by atoms with E-state index in [2.05, 4.69) is 0 Å². The van der Waals surface area contributed by atoms with Gasteiger partial charge in [0.05, 0.1) is 9.82 Å². The topological polar surface area (TPSA) is 120 Å². The third-order valence-electron chi connectivity index (χ3n) is 2.59. The molecule has 0 aliphatic heterocycles. The van der Waals surface area contributed by atoms with Gasteiger partial charge in [-0.2, -0.15) is 0 Å². The van der Waals surface area contributed by atoms with Crippen LogP contribution in [0.4, 0.5) is 5.69 Å². The van der Waals surface area contributed by atoms with E-state index < -0.39 is 20.6 Å². The number of nitro groups is 1. The molecule has 0 aliphatic carbocycles. The standard InChI is InChI=1S/C11H14N2O5S/c1-7(2)11(14)5-8-3-4-9(19(12,17)18)6-10(8)13(15)16/h3-4,6-7H,5H2,1-2H3,(H2,12,17,18). The second kappa shape index (κ2) is 5.45. The second-order valence-electron chi connectivity index (χ2n) is 4.39. The molecule has 1 rings (SSSR count). The molecule has 0 saturated heterocycles. The average molecular weight is 286 g/mol. The molecule has 0 heterocycles. The molecule has 0 spiro atoms.